The highest BCUT2D eigenvalue weighted by atomic mass is 16.5. The van der Waals surface area contributed by atoms with Crippen molar-refractivity contribution in [3.05, 3.63) is 65.4 Å². The maximum absolute atomic E-state index is 12.3. The van der Waals surface area contributed by atoms with Gasteiger partial charge in [-0.15, -0.1) is 0 Å². The molecule has 1 unspecified atom stereocenters. The number of imidazole rings is 1. The van der Waals surface area contributed by atoms with E-state index in [-0.39, 0.29) is 31.9 Å². The van der Waals surface area contributed by atoms with Crippen LogP contribution in [0, 0.1) is 0 Å². The lowest BCUT2D eigenvalue weighted by molar-refractivity contribution is 0.0942. The Bertz CT molecular complexity index is 1390. The average molecular weight is 521 g/mol. The molecule has 2 aromatic carbocycles. The third kappa shape index (κ3) is 6.09. The number of nitrogens with zero attached hydrogens (tertiary/aromatic N) is 2. The first-order valence-electron chi connectivity index (χ1n) is 12.3. The van der Waals surface area contributed by atoms with Gasteiger partial charge in [-0.2, -0.15) is 0 Å². The van der Waals surface area contributed by atoms with E-state index in [1.807, 2.05) is 37.3 Å². The maximum atomic E-state index is 12.3. The average Bonchev–Trinajstić information content (AvgIpc) is 3.37. The molecule has 0 fully saturated rings. The third-order valence-electron chi connectivity index (χ3n) is 6.07. The smallest absolute Gasteiger partial charge is 0.252 e. The second kappa shape index (κ2) is 12.5. The normalized spacial score (nSPS) is 12.0. The zero-order valence-corrected chi connectivity index (χ0v) is 21.1. The van der Waals surface area contributed by atoms with Crippen molar-refractivity contribution in [3.63, 3.8) is 0 Å². The van der Waals surface area contributed by atoms with Crippen molar-refractivity contribution in [2.45, 2.75) is 26.0 Å². The number of hydrogen-bond donors (Lipinski definition) is 7. The maximum Gasteiger partial charge on any atom is 0.252 e. The largest absolute Gasteiger partial charge is 0.491 e. The molecule has 1 amide bonds. The Morgan fingerprint density at radius 3 is 2.66 bits per heavy atom. The molecule has 2 heterocycles. The summed E-state index contributed by atoms with van der Waals surface area (Å²) in [6, 6.07) is 13.1. The highest BCUT2D eigenvalue weighted by Gasteiger charge is 2.19. The number of aromatic amines is 1. The van der Waals surface area contributed by atoms with Crippen LogP contribution < -0.4 is 21.1 Å². The number of rotatable bonds is 13. The van der Waals surface area contributed by atoms with Crippen LogP contribution in [0.1, 0.15) is 28.4 Å². The molecule has 0 saturated carbocycles. The summed E-state index contributed by atoms with van der Waals surface area (Å²) >= 11 is 0. The molecule has 8 N–H and O–H groups in total. The van der Waals surface area contributed by atoms with E-state index < -0.39 is 12.0 Å². The molecular weight excluding hydrogens is 488 g/mol. The molecule has 200 valence electrons. The molecule has 2 aromatic heterocycles. The number of nitrogens with one attached hydrogen (secondary N) is 3. The van der Waals surface area contributed by atoms with Crippen LogP contribution >= 0.6 is 0 Å². The van der Waals surface area contributed by atoms with Crippen LogP contribution in [-0.2, 0) is 13.0 Å². The summed E-state index contributed by atoms with van der Waals surface area (Å²) in [5.41, 5.74) is 11.0. The van der Waals surface area contributed by atoms with Crippen molar-refractivity contribution in [2.24, 2.45) is 5.73 Å². The summed E-state index contributed by atoms with van der Waals surface area (Å²) < 4.78 is 5.42. The van der Waals surface area contributed by atoms with Gasteiger partial charge in [0.1, 0.15) is 23.7 Å². The van der Waals surface area contributed by atoms with E-state index in [2.05, 4.69) is 25.6 Å². The molecule has 11 nitrogen and oxygen atoms in total. The van der Waals surface area contributed by atoms with Crippen molar-refractivity contribution in [1.29, 1.82) is 0 Å². The van der Waals surface area contributed by atoms with Gasteiger partial charge in [0, 0.05) is 30.5 Å². The molecule has 38 heavy (non-hydrogen) atoms. The van der Waals surface area contributed by atoms with E-state index >= 15 is 0 Å². The Morgan fingerprint density at radius 2 is 1.97 bits per heavy atom. The fourth-order valence-electron chi connectivity index (χ4n) is 4.19. The van der Waals surface area contributed by atoms with Gasteiger partial charge in [-0.3, -0.25) is 4.79 Å². The molecule has 4 rings (SSSR count). The molecule has 0 bridgehead atoms. The standard InChI is InChI=1S/C27H32N6O5/c1-2-20-17(12-29-13-18(36)15-35)4-3-5-22(20)31-23-21(25(28)37)14-30-27-24(23)32-26(33-27)16-6-8-19(9-7-16)38-11-10-34/h3-9,14,18,29,34-36H,2,10-13,15H2,1H3,(H2,28,37)(H2,30,31,32,33). The van der Waals surface area contributed by atoms with Gasteiger partial charge in [-0.1, -0.05) is 19.1 Å². The van der Waals surface area contributed by atoms with Crippen molar-refractivity contribution in [3.8, 4) is 17.1 Å². The molecule has 0 spiro atoms. The number of carbonyl (C=O) groups is 1. The number of carbonyl (C=O) groups excluding carboxylic acids is 1. The van der Waals surface area contributed by atoms with Crippen LogP contribution in [0.3, 0.4) is 0 Å². The van der Waals surface area contributed by atoms with Crippen LogP contribution in [0.15, 0.2) is 48.7 Å². The number of benzene rings is 2. The summed E-state index contributed by atoms with van der Waals surface area (Å²) in [5.74, 6) is 0.557. The highest BCUT2D eigenvalue weighted by molar-refractivity contribution is 6.06. The Kier molecular flexibility index (Phi) is 8.87. The van der Waals surface area contributed by atoms with Crippen LogP contribution in [-0.4, -0.2) is 68.6 Å². The Morgan fingerprint density at radius 1 is 1.18 bits per heavy atom. The Labute approximate surface area is 219 Å². The predicted octanol–water partition coefficient (Wildman–Crippen LogP) is 1.84. The first-order valence-corrected chi connectivity index (χ1v) is 12.3. The van der Waals surface area contributed by atoms with E-state index in [1.54, 1.807) is 12.1 Å². The second-order valence-electron chi connectivity index (χ2n) is 8.68. The number of fused-ring (bicyclic) bond motifs is 1. The zero-order chi connectivity index (χ0) is 27.1. The van der Waals surface area contributed by atoms with Crippen LogP contribution in [0.4, 0.5) is 11.4 Å². The number of H-pyrrole nitrogens is 1. The van der Waals surface area contributed by atoms with Gasteiger partial charge in [-0.05, 0) is 47.9 Å². The fourth-order valence-corrected chi connectivity index (χ4v) is 4.19. The number of pyridine rings is 1. The molecule has 0 aliphatic rings. The molecule has 4 aromatic rings. The van der Waals surface area contributed by atoms with Gasteiger partial charge in [0.05, 0.1) is 30.6 Å². The summed E-state index contributed by atoms with van der Waals surface area (Å²) in [5, 5.41) is 34.2. The summed E-state index contributed by atoms with van der Waals surface area (Å²) in [7, 11) is 0. The van der Waals surface area contributed by atoms with Gasteiger partial charge in [-0.25, -0.2) is 9.97 Å². The number of ether oxygens (including phenoxy) is 1. The number of nitrogens with two attached hydrogens (primary N) is 1. The first kappa shape index (κ1) is 27.0. The minimum atomic E-state index is -0.830. The first-order chi connectivity index (χ1) is 18.4. The summed E-state index contributed by atoms with van der Waals surface area (Å²) in [6.07, 6.45) is 1.29. The van der Waals surface area contributed by atoms with E-state index in [1.165, 1.54) is 6.20 Å². The minimum Gasteiger partial charge on any atom is -0.491 e. The fraction of sp³-hybridized carbons (Fsp3) is 0.296. The summed E-state index contributed by atoms with van der Waals surface area (Å²) in [4.78, 5) is 24.6. The molecular formula is C27H32N6O5. The number of primary amides is 1. The van der Waals surface area contributed by atoms with E-state index in [9.17, 15) is 9.90 Å². The lowest BCUT2D eigenvalue weighted by atomic mass is 10.0. The minimum absolute atomic E-state index is 0.0685. The van der Waals surface area contributed by atoms with Gasteiger partial charge >= 0.3 is 0 Å². The monoisotopic (exact) mass is 520 g/mol. The number of hydrogen-bond acceptors (Lipinski definition) is 9. The quantitative estimate of drug-likeness (QED) is 0.138. The second-order valence-corrected chi connectivity index (χ2v) is 8.68. The van der Waals surface area contributed by atoms with Gasteiger partial charge in [0.15, 0.2) is 5.65 Å². The molecule has 0 saturated heterocycles. The molecule has 1 atom stereocenters. The van der Waals surface area contributed by atoms with Crippen molar-refractivity contribution in [2.75, 3.05) is 31.7 Å². The van der Waals surface area contributed by atoms with Crippen LogP contribution in [0.2, 0.25) is 0 Å². The zero-order valence-electron chi connectivity index (χ0n) is 21.1. The van der Waals surface area contributed by atoms with Gasteiger partial charge in [0.2, 0.25) is 0 Å². The van der Waals surface area contributed by atoms with Gasteiger partial charge in [0.25, 0.3) is 5.91 Å². The molecule has 0 aliphatic heterocycles. The van der Waals surface area contributed by atoms with Gasteiger partial charge < -0.3 is 41.4 Å². The van der Waals surface area contributed by atoms with E-state index in [0.29, 0.717) is 41.4 Å². The summed E-state index contributed by atoms with van der Waals surface area (Å²) in [6.45, 7) is 2.63. The van der Waals surface area contributed by atoms with Crippen molar-refractivity contribution in [1.82, 2.24) is 20.3 Å². The topological polar surface area (TPSA) is 179 Å². The Balaban J connectivity index is 1.69. The lowest BCUT2D eigenvalue weighted by Crippen LogP contribution is -2.29. The van der Waals surface area contributed by atoms with E-state index in [0.717, 1.165) is 22.4 Å². The lowest BCUT2D eigenvalue weighted by Gasteiger charge is -2.18. The highest BCUT2D eigenvalue weighted by Crippen LogP contribution is 2.32. The number of amides is 1. The Hall–Kier alpha value is -4.03. The number of anilines is 2. The molecule has 11 heteroatoms. The predicted molar refractivity (Wildman–Crippen MR) is 144 cm³/mol. The van der Waals surface area contributed by atoms with Crippen LogP contribution in [0.25, 0.3) is 22.6 Å². The van der Waals surface area contributed by atoms with Crippen molar-refractivity contribution < 1.29 is 24.9 Å². The number of aliphatic hydroxyl groups is 3. The van der Waals surface area contributed by atoms with Crippen molar-refractivity contribution >= 4 is 28.4 Å². The number of aliphatic hydroxyl groups excluding tert-OH is 3. The molecule has 0 radical (unpaired) electrons. The van der Waals surface area contributed by atoms with Crippen LogP contribution in [0.5, 0.6) is 5.75 Å². The SMILES string of the molecule is CCc1c(CNCC(O)CO)cccc1Nc1c(C(N)=O)cnc2nc(-c3ccc(OCCO)cc3)[nH]c12. The third-order valence-corrected chi connectivity index (χ3v) is 6.07. The van der Waals surface area contributed by atoms with E-state index in [4.69, 9.17) is 20.7 Å². The number of aromatic nitrogens is 3. The molecule has 0 aliphatic carbocycles.